The van der Waals surface area contributed by atoms with Crippen molar-refractivity contribution in [2.75, 3.05) is 0 Å². The van der Waals surface area contributed by atoms with Gasteiger partial charge in [-0.05, 0) is 30.1 Å². The minimum absolute atomic E-state index is 0.539. The largest absolute Gasteiger partial charge is 0.488 e. The van der Waals surface area contributed by atoms with Crippen LogP contribution in [0.1, 0.15) is 11.1 Å². The summed E-state index contributed by atoms with van der Waals surface area (Å²) in [5.41, 5.74) is 2.88. The van der Waals surface area contributed by atoms with Gasteiger partial charge in [0.25, 0.3) is 0 Å². The van der Waals surface area contributed by atoms with E-state index >= 15 is 0 Å². The smallest absolute Gasteiger partial charge is 0.423 e. The molecule has 2 aromatic rings. The Labute approximate surface area is 112 Å². The topological polar surface area (TPSA) is 40.5 Å². The first-order valence-corrected chi connectivity index (χ1v) is 6.78. The summed E-state index contributed by atoms with van der Waals surface area (Å²) in [6, 6.07) is 15.7. The van der Waals surface area contributed by atoms with Crippen LogP contribution in [0.5, 0.6) is 0 Å². The third kappa shape index (κ3) is 3.63. The van der Waals surface area contributed by atoms with Gasteiger partial charge in [-0.15, -0.1) is 11.8 Å². The molecule has 0 atom stereocenters. The molecule has 0 spiro atoms. The highest BCUT2D eigenvalue weighted by atomic mass is 32.2. The summed E-state index contributed by atoms with van der Waals surface area (Å²) in [6.45, 7) is 2.08. The van der Waals surface area contributed by atoms with E-state index < -0.39 is 7.12 Å². The molecule has 0 aliphatic heterocycles. The summed E-state index contributed by atoms with van der Waals surface area (Å²) in [5.74, 6) is 0.823. The third-order valence-electron chi connectivity index (χ3n) is 2.64. The minimum Gasteiger partial charge on any atom is -0.423 e. The maximum absolute atomic E-state index is 9.12. The fraction of sp³-hybridized carbons (Fsp3) is 0.143. The van der Waals surface area contributed by atoms with E-state index in [2.05, 4.69) is 25.1 Å². The van der Waals surface area contributed by atoms with Crippen molar-refractivity contribution in [3.8, 4) is 0 Å². The molecule has 0 fully saturated rings. The van der Waals surface area contributed by atoms with Gasteiger partial charge >= 0.3 is 7.12 Å². The van der Waals surface area contributed by atoms with E-state index in [1.807, 2.05) is 24.3 Å². The molecule has 0 saturated heterocycles. The zero-order valence-corrected chi connectivity index (χ0v) is 11.0. The predicted molar refractivity (Wildman–Crippen MR) is 77.0 cm³/mol. The molecule has 0 bridgehead atoms. The van der Waals surface area contributed by atoms with Crippen LogP contribution in [0.2, 0.25) is 0 Å². The quantitative estimate of drug-likeness (QED) is 0.650. The van der Waals surface area contributed by atoms with E-state index in [-0.39, 0.29) is 0 Å². The van der Waals surface area contributed by atoms with Gasteiger partial charge in [0.1, 0.15) is 0 Å². The Hall–Kier alpha value is -1.23. The molecule has 0 saturated carbocycles. The van der Waals surface area contributed by atoms with Gasteiger partial charge in [0.05, 0.1) is 0 Å². The summed E-state index contributed by atoms with van der Waals surface area (Å²) in [4.78, 5) is 1.23. The van der Waals surface area contributed by atoms with Crippen LogP contribution in [-0.2, 0) is 5.75 Å². The van der Waals surface area contributed by atoms with Crippen LogP contribution in [0.25, 0.3) is 0 Å². The van der Waals surface area contributed by atoms with Crippen LogP contribution in [0.4, 0.5) is 0 Å². The molecule has 2 nitrogen and oxygen atoms in total. The van der Waals surface area contributed by atoms with Crippen LogP contribution in [0, 0.1) is 6.92 Å². The molecule has 0 aromatic heterocycles. The van der Waals surface area contributed by atoms with Crippen LogP contribution in [0.15, 0.2) is 53.4 Å². The standard InChI is InChI=1S/C14H15BO2S/c1-11-4-2-7-14(8-11)18-10-12-5-3-6-13(9-12)15(16)17/h2-9,16-17H,10H2,1H3. The number of hydrogen-bond acceptors (Lipinski definition) is 3. The fourth-order valence-electron chi connectivity index (χ4n) is 1.72. The molecule has 2 rings (SSSR count). The molecule has 0 aliphatic carbocycles. The molecule has 18 heavy (non-hydrogen) atoms. The summed E-state index contributed by atoms with van der Waals surface area (Å²) < 4.78 is 0. The van der Waals surface area contributed by atoms with E-state index in [0.29, 0.717) is 5.46 Å². The Balaban J connectivity index is 2.04. The number of benzene rings is 2. The van der Waals surface area contributed by atoms with Gasteiger partial charge < -0.3 is 10.0 Å². The van der Waals surface area contributed by atoms with Crippen molar-refractivity contribution in [2.45, 2.75) is 17.6 Å². The summed E-state index contributed by atoms with van der Waals surface area (Å²) >= 11 is 1.74. The average molecular weight is 258 g/mol. The van der Waals surface area contributed by atoms with Crippen molar-refractivity contribution in [2.24, 2.45) is 0 Å². The van der Waals surface area contributed by atoms with Crippen molar-refractivity contribution in [3.63, 3.8) is 0 Å². The van der Waals surface area contributed by atoms with Crippen LogP contribution in [-0.4, -0.2) is 17.2 Å². The molecule has 92 valence electrons. The molecule has 0 heterocycles. The van der Waals surface area contributed by atoms with Crippen LogP contribution < -0.4 is 5.46 Å². The molecule has 0 aliphatic rings. The normalized spacial score (nSPS) is 10.4. The minimum atomic E-state index is -1.39. The zero-order chi connectivity index (χ0) is 13.0. The van der Waals surface area contributed by atoms with Gasteiger partial charge in [-0.3, -0.25) is 0 Å². The molecular weight excluding hydrogens is 243 g/mol. The summed E-state index contributed by atoms with van der Waals surface area (Å²) in [7, 11) is -1.39. The first-order valence-electron chi connectivity index (χ1n) is 5.79. The maximum atomic E-state index is 9.12. The Morgan fingerprint density at radius 3 is 2.56 bits per heavy atom. The Bertz CT molecular complexity index is 529. The van der Waals surface area contributed by atoms with Gasteiger partial charge in [-0.1, -0.05) is 42.0 Å². The lowest BCUT2D eigenvalue weighted by Crippen LogP contribution is -2.29. The lowest BCUT2D eigenvalue weighted by Gasteiger charge is -2.05. The first-order chi connectivity index (χ1) is 8.65. The Morgan fingerprint density at radius 2 is 1.83 bits per heavy atom. The van der Waals surface area contributed by atoms with E-state index in [9.17, 15) is 0 Å². The van der Waals surface area contributed by atoms with E-state index in [4.69, 9.17) is 10.0 Å². The molecule has 4 heteroatoms. The van der Waals surface area contributed by atoms with E-state index in [0.717, 1.165) is 11.3 Å². The van der Waals surface area contributed by atoms with Gasteiger partial charge in [-0.25, -0.2) is 0 Å². The van der Waals surface area contributed by atoms with Crippen molar-refractivity contribution in [1.29, 1.82) is 0 Å². The van der Waals surface area contributed by atoms with Crippen LogP contribution >= 0.6 is 11.8 Å². The second-order valence-corrected chi connectivity index (χ2v) is 5.27. The predicted octanol–water partition coefficient (Wildman–Crippen LogP) is 1.97. The third-order valence-corrected chi connectivity index (χ3v) is 3.71. The SMILES string of the molecule is Cc1cccc(SCc2cccc(B(O)O)c2)c1. The van der Waals surface area contributed by atoms with E-state index in [1.54, 1.807) is 17.8 Å². The average Bonchev–Trinajstić information content (AvgIpc) is 2.37. The van der Waals surface area contributed by atoms with Crippen molar-refractivity contribution >= 4 is 24.3 Å². The van der Waals surface area contributed by atoms with Crippen molar-refractivity contribution in [1.82, 2.24) is 0 Å². The Morgan fingerprint density at radius 1 is 1.06 bits per heavy atom. The van der Waals surface area contributed by atoms with Crippen molar-refractivity contribution in [3.05, 3.63) is 59.7 Å². The van der Waals surface area contributed by atoms with Gasteiger partial charge in [-0.2, -0.15) is 0 Å². The zero-order valence-electron chi connectivity index (χ0n) is 10.2. The molecule has 0 radical (unpaired) electrons. The highest BCUT2D eigenvalue weighted by Gasteiger charge is 2.10. The lowest BCUT2D eigenvalue weighted by atomic mass is 9.80. The van der Waals surface area contributed by atoms with Crippen molar-refractivity contribution < 1.29 is 10.0 Å². The first kappa shape index (κ1) is 13.2. The highest BCUT2D eigenvalue weighted by molar-refractivity contribution is 7.98. The van der Waals surface area contributed by atoms with Gasteiger partial charge in [0.15, 0.2) is 0 Å². The fourth-order valence-corrected chi connectivity index (χ4v) is 2.67. The van der Waals surface area contributed by atoms with Gasteiger partial charge in [0.2, 0.25) is 0 Å². The molecule has 0 amide bonds. The molecule has 0 unspecified atom stereocenters. The second-order valence-electron chi connectivity index (χ2n) is 4.22. The van der Waals surface area contributed by atoms with Gasteiger partial charge in [0, 0.05) is 10.6 Å². The monoisotopic (exact) mass is 258 g/mol. The number of thioether (sulfide) groups is 1. The number of hydrogen-bond donors (Lipinski definition) is 2. The lowest BCUT2D eigenvalue weighted by molar-refractivity contribution is 0.425. The Kier molecular flexibility index (Phi) is 4.47. The summed E-state index contributed by atoms with van der Waals surface area (Å²) in [6.07, 6.45) is 0. The number of rotatable bonds is 4. The molecule has 2 N–H and O–H groups in total. The molecular formula is C14H15BO2S. The highest BCUT2D eigenvalue weighted by Crippen LogP contribution is 2.22. The van der Waals surface area contributed by atoms with Crippen LogP contribution in [0.3, 0.4) is 0 Å². The maximum Gasteiger partial charge on any atom is 0.488 e. The number of aryl methyl sites for hydroxylation is 1. The second kappa shape index (κ2) is 6.09. The van der Waals surface area contributed by atoms with E-state index in [1.165, 1.54) is 10.5 Å². The summed E-state index contributed by atoms with van der Waals surface area (Å²) in [5, 5.41) is 18.2. The molecule has 2 aromatic carbocycles.